The topological polar surface area (TPSA) is 58.1 Å². The van der Waals surface area contributed by atoms with E-state index in [1.165, 1.54) is 5.56 Å². The fourth-order valence-electron chi connectivity index (χ4n) is 2.81. The molecule has 2 aromatic carbocycles. The maximum absolute atomic E-state index is 12.6. The second-order valence-electron chi connectivity index (χ2n) is 6.52. The zero-order chi connectivity index (χ0) is 18.7. The zero-order valence-electron chi connectivity index (χ0n) is 15.2. The standard InChI is InChI=1S/C21H21N3OS/c1-4-11-24-18-10-9-17(14(2)3)12-19(18)26-21(24)23-20(25)16-7-5-15(13-22)6-8-16/h5-10,12,14H,4,11H2,1-3H3. The van der Waals surface area contributed by atoms with Gasteiger partial charge in [0.05, 0.1) is 21.8 Å². The summed E-state index contributed by atoms with van der Waals surface area (Å²) < 4.78 is 3.27. The molecular weight excluding hydrogens is 342 g/mol. The maximum Gasteiger partial charge on any atom is 0.279 e. The minimum absolute atomic E-state index is 0.282. The Morgan fingerprint density at radius 1 is 1.23 bits per heavy atom. The molecule has 1 heterocycles. The van der Waals surface area contributed by atoms with Crippen LogP contribution in [-0.4, -0.2) is 10.5 Å². The average Bonchev–Trinajstić information content (AvgIpc) is 2.98. The zero-order valence-corrected chi connectivity index (χ0v) is 16.0. The molecule has 0 aliphatic carbocycles. The van der Waals surface area contributed by atoms with Crippen LogP contribution in [0.15, 0.2) is 47.5 Å². The van der Waals surface area contributed by atoms with Gasteiger partial charge in [-0.3, -0.25) is 4.79 Å². The number of amides is 1. The van der Waals surface area contributed by atoms with Crippen LogP contribution in [0.4, 0.5) is 0 Å². The van der Waals surface area contributed by atoms with Crippen molar-refractivity contribution < 1.29 is 4.79 Å². The molecule has 0 aliphatic rings. The molecular formula is C21H21N3OS. The predicted molar refractivity (Wildman–Crippen MR) is 105 cm³/mol. The summed E-state index contributed by atoms with van der Waals surface area (Å²) in [6.45, 7) is 7.29. The van der Waals surface area contributed by atoms with E-state index in [0.29, 0.717) is 17.0 Å². The smallest absolute Gasteiger partial charge is 0.279 e. The first-order valence-electron chi connectivity index (χ1n) is 8.76. The number of hydrogen-bond acceptors (Lipinski definition) is 3. The van der Waals surface area contributed by atoms with Crippen molar-refractivity contribution in [2.24, 2.45) is 4.99 Å². The number of benzene rings is 2. The van der Waals surface area contributed by atoms with E-state index in [0.717, 1.165) is 28.0 Å². The molecule has 0 spiro atoms. The number of carbonyl (C=O) groups is 1. The number of nitriles is 1. The van der Waals surface area contributed by atoms with Gasteiger partial charge in [0.2, 0.25) is 0 Å². The third-order valence-corrected chi connectivity index (χ3v) is 5.32. The van der Waals surface area contributed by atoms with E-state index in [4.69, 9.17) is 5.26 Å². The van der Waals surface area contributed by atoms with Gasteiger partial charge in [-0.15, -0.1) is 0 Å². The molecule has 0 bridgehead atoms. The summed E-state index contributed by atoms with van der Waals surface area (Å²) in [6.07, 6.45) is 0.968. The normalized spacial score (nSPS) is 11.9. The summed E-state index contributed by atoms with van der Waals surface area (Å²) in [5.74, 6) is 0.178. The number of rotatable bonds is 4. The molecule has 5 heteroatoms. The molecule has 0 fully saturated rings. The molecule has 132 valence electrons. The number of aryl methyl sites for hydroxylation is 1. The number of thiazole rings is 1. The molecule has 3 rings (SSSR count). The van der Waals surface area contributed by atoms with Gasteiger partial charge in [-0.05, 0) is 54.3 Å². The van der Waals surface area contributed by atoms with Gasteiger partial charge in [0.1, 0.15) is 0 Å². The lowest BCUT2D eigenvalue weighted by Gasteiger charge is -2.06. The van der Waals surface area contributed by atoms with Crippen LogP contribution in [0.25, 0.3) is 10.2 Å². The molecule has 1 aromatic heterocycles. The number of fused-ring (bicyclic) bond motifs is 1. The van der Waals surface area contributed by atoms with Gasteiger partial charge in [-0.25, -0.2) is 0 Å². The molecule has 0 aliphatic heterocycles. The van der Waals surface area contributed by atoms with E-state index in [9.17, 15) is 4.79 Å². The fraction of sp³-hybridized carbons (Fsp3) is 0.286. The minimum Gasteiger partial charge on any atom is -0.316 e. The molecule has 1 amide bonds. The molecule has 26 heavy (non-hydrogen) atoms. The van der Waals surface area contributed by atoms with Crippen LogP contribution < -0.4 is 4.80 Å². The van der Waals surface area contributed by atoms with Crippen molar-refractivity contribution in [3.8, 4) is 6.07 Å². The second kappa shape index (κ2) is 7.67. The van der Waals surface area contributed by atoms with E-state index in [1.807, 2.05) is 0 Å². The van der Waals surface area contributed by atoms with Gasteiger partial charge in [0.25, 0.3) is 5.91 Å². The first-order chi connectivity index (χ1) is 12.5. The lowest BCUT2D eigenvalue weighted by Crippen LogP contribution is -2.16. The highest BCUT2D eigenvalue weighted by atomic mass is 32.1. The molecule has 3 aromatic rings. The third-order valence-electron chi connectivity index (χ3n) is 4.28. The highest BCUT2D eigenvalue weighted by Gasteiger charge is 2.10. The Hall–Kier alpha value is -2.71. The van der Waals surface area contributed by atoms with E-state index >= 15 is 0 Å². The summed E-state index contributed by atoms with van der Waals surface area (Å²) >= 11 is 1.55. The van der Waals surface area contributed by atoms with Crippen LogP contribution in [0.3, 0.4) is 0 Å². The van der Waals surface area contributed by atoms with Gasteiger partial charge in [0.15, 0.2) is 4.80 Å². The van der Waals surface area contributed by atoms with Crippen LogP contribution >= 0.6 is 11.3 Å². The Morgan fingerprint density at radius 2 is 1.96 bits per heavy atom. The number of nitrogens with zero attached hydrogens (tertiary/aromatic N) is 3. The second-order valence-corrected chi connectivity index (χ2v) is 7.53. The molecule has 0 saturated carbocycles. The monoisotopic (exact) mass is 363 g/mol. The lowest BCUT2D eigenvalue weighted by molar-refractivity contribution is 0.0998. The fourth-order valence-corrected chi connectivity index (χ4v) is 3.92. The van der Waals surface area contributed by atoms with E-state index < -0.39 is 0 Å². The van der Waals surface area contributed by atoms with Gasteiger partial charge in [-0.2, -0.15) is 10.3 Å². The Labute approximate surface area is 157 Å². The number of carbonyl (C=O) groups excluding carboxylic acids is 1. The maximum atomic E-state index is 12.6. The van der Waals surface area contributed by atoms with Crippen molar-refractivity contribution in [3.63, 3.8) is 0 Å². The summed E-state index contributed by atoms with van der Waals surface area (Å²) in [4.78, 5) is 17.7. The first-order valence-corrected chi connectivity index (χ1v) is 9.57. The van der Waals surface area contributed by atoms with Crippen LogP contribution in [0.1, 0.15) is 54.6 Å². The summed E-state index contributed by atoms with van der Waals surface area (Å²) in [5.41, 5.74) is 3.43. The molecule has 0 unspecified atom stereocenters. The quantitative estimate of drug-likeness (QED) is 0.665. The Kier molecular flexibility index (Phi) is 5.34. The average molecular weight is 363 g/mol. The van der Waals surface area contributed by atoms with E-state index in [-0.39, 0.29) is 5.91 Å². The van der Waals surface area contributed by atoms with Gasteiger partial charge in [0, 0.05) is 12.1 Å². The Bertz CT molecular complexity index is 1050. The summed E-state index contributed by atoms with van der Waals surface area (Å²) in [5, 5.41) is 8.88. The number of hydrogen-bond donors (Lipinski definition) is 0. The summed E-state index contributed by atoms with van der Waals surface area (Å²) in [6, 6.07) is 15.1. The minimum atomic E-state index is -0.282. The van der Waals surface area contributed by atoms with Crippen molar-refractivity contribution in [1.82, 2.24) is 4.57 Å². The van der Waals surface area contributed by atoms with Crippen molar-refractivity contribution in [3.05, 3.63) is 64.0 Å². The lowest BCUT2D eigenvalue weighted by atomic mass is 10.0. The molecule has 0 saturated heterocycles. The van der Waals surface area contributed by atoms with Crippen molar-refractivity contribution in [2.75, 3.05) is 0 Å². The van der Waals surface area contributed by atoms with Crippen molar-refractivity contribution in [1.29, 1.82) is 5.26 Å². The Balaban J connectivity index is 2.09. The van der Waals surface area contributed by atoms with Gasteiger partial charge < -0.3 is 4.57 Å². The third kappa shape index (κ3) is 3.61. The molecule has 0 radical (unpaired) electrons. The predicted octanol–water partition coefficient (Wildman–Crippen LogP) is 4.85. The van der Waals surface area contributed by atoms with Crippen LogP contribution in [0, 0.1) is 11.3 Å². The Morgan fingerprint density at radius 3 is 2.58 bits per heavy atom. The van der Waals surface area contributed by atoms with Crippen LogP contribution in [0.5, 0.6) is 0 Å². The highest BCUT2D eigenvalue weighted by molar-refractivity contribution is 7.16. The van der Waals surface area contributed by atoms with Crippen LogP contribution in [-0.2, 0) is 6.54 Å². The van der Waals surface area contributed by atoms with E-state index in [1.54, 1.807) is 35.6 Å². The number of aromatic nitrogens is 1. The first kappa shape index (κ1) is 18.1. The van der Waals surface area contributed by atoms with Crippen molar-refractivity contribution in [2.45, 2.75) is 39.7 Å². The summed E-state index contributed by atoms with van der Waals surface area (Å²) in [7, 11) is 0. The molecule has 0 atom stereocenters. The van der Waals surface area contributed by atoms with Crippen molar-refractivity contribution >= 4 is 27.5 Å². The SMILES string of the molecule is CCCn1c(=NC(=O)c2ccc(C#N)cc2)sc2cc(C(C)C)ccc21. The molecule has 0 N–H and O–H groups in total. The van der Waals surface area contributed by atoms with Gasteiger partial charge >= 0.3 is 0 Å². The van der Waals surface area contributed by atoms with E-state index in [2.05, 4.69) is 54.6 Å². The largest absolute Gasteiger partial charge is 0.316 e. The van der Waals surface area contributed by atoms with Crippen LogP contribution in [0.2, 0.25) is 0 Å². The van der Waals surface area contributed by atoms with Gasteiger partial charge in [-0.1, -0.05) is 38.2 Å². The molecule has 4 nitrogen and oxygen atoms in total. The highest BCUT2D eigenvalue weighted by Crippen LogP contribution is 2.24.